The van der Waals surface area contributed by atoms with Crippen molar-refractivity contribution < 1.29 is 9.90 Å². The van der Waals surface area contributed by atoms with Gasteiger partial charge in [-0.15, -0.1) is 0 Å². The summed E-state index contributed by atoms with van der Waals surface area (Å²) in [5.74, 6) is 2.77. The van der Waals surface area contributed by atoms with Gasteiger partial charge in [0, 0.05) is 5.56 Å². The lowest BCUT2D eigenvalue weighted by Crippen LogP contribution is -2.44. The molecule has 4 bridgehead atoms. The SMILES string of the molecule is Nc1n[nH]c(C(=O)O)c1C1C2CC3CC(C2)CC1C3. The van der Waals surface area contributed by atoms with Crippen LogP contribution in [0.2, 0.25) is 0 Å². The Morgan fingerprint density at radius 1 is 1.16 bits per heavy atom. The van der Waals surface area contributed by atoms with E-state index in [1.807, 2.05) is 0 Å². The summed E-state index contributed by atoms with van der Waals surface area (Å²) < 4.78 is 0. The average Bonchev–Trinajstić information content (AvgIpc) is 2.70. The van der Waals surface area contributed by atoms with Crippen LogP contribution in [0.15, 0.2) is 0 Å². The molecule has 4 aliphatic rings. The average molecular weight is 261 g/mol. The summed E-state index contributed by atoms with van der Waals surface area (Å²) in [7, 11) is 0. The lowest BCUT2D eigenvalue weighted by atomic mass is 9.50. The van der Waals surface area contributed by atoms with Gasteiger partial charge >= 0.3 is 5.97 Å². The zero-order valence-corrected chi connectivity index (χ0v) is 10.8. The van der Waals surface area contributed by atoms with Gasteiger partial charge in [0.2, 0.25) is 0 Å². The van der Waals surface area contributed by atoms with Crippen molar-refractivity contribution in [3.05, 3.63) is 11.3 Å². The molecule has 4 fully saturated rings. The zero-order valence-electron chi connectivity index (χ0n) is 10.8. The number of aromatic nitrogens is 2. The molecule has 5 heteroatoms. The number of aromatic amines is 1. The van der Waals surface area contributed by atoms with E-state index in [0.29, 0.717) is 23.6 Å². The molecule has 19 heavy (non-hydrogen) atoms. The number of nitrogens with two attached hydrogens (primary N) is 1. The molecule has 1 aromatic rings. The van der Waals surface area contributed by atoms with Crippen molar-refractivity contribution in [1.29, 1.82) is 0 Å². The maximum atomic E-state index is 11.3. The minimum absolute atomic E-state index is 0.218. The van der Waals surface area contributed by atoms with Gasteiger partial charge in [-0.05, 0) is 61.7 Å². The normalized spacial score (nSPS) is 39.7. The first-order chi connectivity index (χ1) is 9.13. The highest BCUT2D eigenvalue weighted by molar-refractivity contribution is 5.89. The minimum atomic E-state index is -0.937. The number of carbonyl (C=O) groups is 1. The number of aromatic carboxylic acids is 1. The molecule has 5 nitrogen and oxygen atoms in total. The molecule has 0 aromatic carbocycles. The Hall–Kier alpha value is -1.52. The Bertz CT molecular complexity index is 509. The molecule has 0 unspecified atom stereocenters. The summed E-state index contributed by atoms with van der Waals surface area (Å²) in [6.07, 6.45) is 6.40. The molecule has 4 N–H and O–H groups in total. The molecule has 0 spiro atoms. The Morgan fingerprint density at radius 2 is 1.74 bits per heavy atom. The smallest absolute Gasteiger partial charge is 0.354 e. The summed E-state index contributed by atoms with van der Waals surface area (Å²) in [4.78, 5) is 11.3. The topological polar surface area (TPSA) is 92.0 Å². The van der Waals surface area contributed by atoms with Crippen molar-refractivity contribution in [2.45, 2.75) is 38.0 Å². The van der Waals surface area contributed by atoms with Crippen LogP contribution in [-0.2, 0) is 0 Å². The molecule has 1 heterocycles. The van der Waals surface area contributed by atoms with Gasteiger partial charge in [-0.3, -0.25) is 5.10 Å². The van der Waals surface area contributed by atoms with Crippen LogP contribution in [0, 0.1) is 23.7 Å². The lowest BCUT2D eigenvalue weighted by molar-refractivity contribution is -0.00292. The van der Waals surface area contributed by atoms with Crippen molar-refractivity contribution >= 4 is 11.8 Å². The maximum Gasteiger partial charge on any atom is 0.354 e. The van der Waals surface area contributed by atoms with Gasteiger partial charge in [-0.25, -0.2) is 4.79 Å². The first kappa shape index (κ1) is 11.3. The molecule has 5 rings (SSSR count). The quantitative estimate of drug-likeness (QED) is 0.761. The number of hydrogen-bond acceptors (Lipinski definition) is 3. The van der Waals surface area contributed by atoms with Crippen molar-refractivity contribution in [3.63, 3.8) is 0 Å². The van der Waals surface area contributed by atoms with Crippen LogP contribution in [0.3, 0.4) is 0 Å². The minimum Gasteiger partial charge on any atom is -0.477 e. The maximum absolute atomic E-state index is 11.3. The zero-order chi connectivity index (χ0) is 13.1. The van der Waals surface area contributed by atoms with E-state index in [-0.39, 0.29) is 5.69 Å². The second-order valence-corrected chi connectivity index (χ2v) is 6.66. The molecule has 0 radical (unpaired) electrons. The van der Waals surface area contributed by atoms with Crippen LogP contribution in [0.5, 0.6) is 0 Å². The van der Waals surface area contributed by atoms with E-state index in [1.165, 1.54) is 32.1 Å². The fourth-order valence-electron chi connectivity index (χ4n) is 5.26. The van der Waals surface area contributed by atoms with E-state index in [4.69, 9.17) is 5.73 Å². The Kier molecular flexibility index (Phi) is 2.23. The van der Waals surface area contributed by atoms with Crippen molar-refractivity contribution in [2.75, 3.05) is 5.73 Å². The van der Waals surface area contributed by atoms with Gasteiger partial charge in [0.1, 0.15) is 11.5 Å². The highest BCUT2D eigenvalue weighted by Gasteiger charge is 2.50. The number of nitrogen functional groups attached to an aromatic ring is 1. The van der Waals surface area contributed by atoms with Gasteiger partial charge < -0.3 is 10.8 Å². The van der Waals surface area contributed by atoms with E-state index in [1.54, 1.807) is 0 Å². The van der Waals surface area contributed by atoms with Gasteiger partial charge in [0.25, 0.3) is 0 Å². The van der Waals surface area contributed by atoms with Crippen LogP contribution in [-0.4, -0.2) is 21.3 Å². The van der Waals surface area contributed by atoms with E-state index in [9.17, 15) is 9.90 Å². The summed E-state index contributed by atoms with van der Waals surface area (Å²) >= 11 is 0. The molecule has 4 saturated carbocycles. The molecule has 4 aliphatic carbocycles. The molecule has 102 valence electrons. The number of H-pyrrole nitrogens is 1. The van der Waals surface area contributed by atoms with Crippen molar-refractivity contribution in [1.82, 2.24) is 10.2 Å². The van der Waals surface area contributed by atoms with E-state index in [2.05, 4.69) is 10.2 Å². The second kappa shape index (κ2) is 3.74. The predicted octanol–water partition coefficient (Wildman–Crippen LogP) is 2.23. The number of anilines is 1. The monoisotopic (exact) mass is 261 g/mol. The van der Waals surface area contributed by atoms with E-state index < -0.39 is 5.97 Å². The third-order valence-corrected chi connectivity index (χ3v) is 5.61. The first-order valence-corrected chi connectivity index (χ1v) is 7.20. The summed E-state index contributed by atoms with van der Waals surface area (Å²) in [6.45, 7) is 0. The summed E-state index contributed by atoms with van der Waals surface area (Å²) in [6, 6.07) is 0. The number of hydrogen-bond donors (Lipinski definition) is 3. The van der Waals surface area contributed by atoms with Crippen molar-refractivity contribution in [2.24, 2.45) is 23.7 Å². The van der Waals surface area contributed by atoms with Crippen LogP contribution >= 0.6 is 0 Å². The van der Waals surface area contributed by atoms with Gasteiger partial charge in [0.15, 0.2) is 0 Å². The molecular formula is C14H19N3O2. The molecular weight excluding hydrogens is 242 g/mol. The fraction of sp³-hybridized carbons (Fsp3) is 0.714. The predicted molar refractivity (Wildman–Crippen MR) is 69.7 cm³/mol. The Labute approximate surface area is 111 Å². The number of nitrogens with one attached hydrogen (secondary N) is 1. The summed E-state index contributed by atoms with van der Waals surface area (Å²) in [5.41, 5.74) is 6.96. The van der Waals surface area contributed by atoms with Gasteiger partial charge in [-0.2, -0.15) is 5.10 Å². The fourth-order valence-corrected chi connectivity index (χ4v) is 5.26. The second-order valence-electron chi connectivity index (χ2n) is 6.66. The number of carboxylic acid groups (broad SMARTS) is 1. The molecule has 0 saturated heterocycles. The third kappa shape index (κ3) is 1.53. The number of nitrogens with zero attached hydrogens (tertiary/aromatic N) is 1. The van der Waals surface area contributed by atoms with Crippen LogP contribution in [0.1, 0.15) is 54.1 Å². The van der Waals surface area contributed by atoms with Gasteiger partial charge in [-0.1, -0.05) is 0 Å². The van der Waals surface area contributed by atoms with E-state index >= 15 is 0 Å². The Morgan fingerprint density at radius 3 is 2.26 bits per heavy atom. The van der Waals surface area contributed by atoms with Gasteiger partial charge in [0.05, 0.1) is 0 Å². The largest absolute Gasteiger partial charge is 0.477 e. The number of carboxylic acids is 1. The Balaban J connectivity index is 1.77. The van der Waals surface area contributed by atoms with Crippen LogP contribution in [0.4, 0.5) is 5.82 Å². The molecule has 0 amide bonds. The van der Waals surface area contributed by atoms with Crippen molar-refractivity contribution in [3.8, 4) is 0 Å². The molecule has 1 aromatic heterocycles. The summed E-state index contributed by atoms with van der Waals surface area (Å²) in [5, 5.41) is 15.9. The van der Waals surface area contributed by atoms with Crippen LogP contribution in [0.25, 0.3) is 0 Å². The third-order valence-electron chi connectivity index (χ3n) is 5.61. The number of rotatable bonds is 2. The highest BCUT2D eigenvalue weighted by Crippen LogP contribution is 2.60. The van der Waals surface area contributed by atoms with Crippen LogP contribution < -0.4 is 5.73 Å². The first-order valence-electron chi connectivity index (χ1n) is 7.20. The standard InChI is InChI=1S/C14H19N3O2/c15-13-11(12(14(18)19)16-17-13)10-8-2-6-1-7(4-8)5-9(10)3-6/h6-10H,1-5H2,(H,18,19)(H3,15,16,17). The van der Waals surface area contributed by atoms with E-state index in [0.717, 1.165) is 17.4 Å². The molecule has 0 atom stereocenters. The highest BCUT2D eigenvalue weighted by atomic mass is 16.4. The lowest BCUT2D eigenvalue weighted by Gasteiger charge is -2.54. The molecule has 0 aliphatic heterocycles.